The van der Waals surface area contributed by atoms with Crippen LogP contribution in [0, 0.1) is 24.6 Å². The molecular weight excluding hydrogens is 301 g/mol. The Morgan fingerprint density at radius 1 is 1.35 bits per heavy atom. The van der Waals surface area contributed by atoms with Crippen LogP contribution in [-0.2, 0) is 16.1 Å². The molecule has 0 radical (unpaired) electrons. The van der Waals surface area contributed by atoms with E-state index in [1.54, 1.807) is 6.07 Å². The summed E-state index contributed by atoms with van der Waals surface area (Å²) < 4.78 is 18.9. The topological polar surface area (TPSA) is 79.5 Å². The third-order valence-corrected chi connectivity index (χ3v) is 4.57. The van der Waals surface area contributed by atoms with Gasteiger partial charge in [0.2, 0.25) is 5.91 Å². The Labute approximate surface area is 132 Å². The Morgan fingerprint density at radius 3 is 2.78 bits per heavy atom. The SMILES string of the molecule is Cc1c(CNC(=O)[C@@H]2CC[C@H](C(=O)O)C2)oc2ccc(F)cc12. The van der Waals surface area contributed by atoms with Crippen LogP contribution in [0.25, 0.3) is 11.0 Å². The van der Waals surface area contributed by atoms with E-state index in [1.165, 1.54) is 12.1 Å². The number of carbonyl (C=O) groups excluding carboxylic acids is 1. The predicted molar refractivity (Wildman–Crippen MR) is 81.2 cm³/mol. The Morgan fingerprint density at radius 2 is 2.09 bits per heavy atom. The van der Waals surface area contributed by atoms with E-state index in [0.29, 0.717) is 36.0 Å². The van der Waals surface area contributed by atoms with Crippen LogP contribution in [0.2, 0.25) is 0 Å². The van der Waals surface area contributed by atoms with Gasteiger partial charge in [-0.25, -0.2) is 4.39 Å². The number of nitrogens with one attached hydrogen (secondary N) is 1. The van der Waals surface area contributed by atoms with Gasteiger partial charge >= 0.3 is 5.97 Å². The van der Waals surface area contributed by atoms with Crippen molar-refractivity contribution in [2.45, 2.75) is 32.7 Å². The third kappa shape index (κ3) is 3.06. The maximum Gasteiger partial charge on any atom is 0.306 e. The molecule has 0 spiro atoms. The Bertz CT molecular complexity index is 767. The molecule has 2 N–H and O–H groups in total. The zero-order valence-electron chi connectivity index (χ0n) is 12.8. The van der Waals surface area contributed by atoms with Crippen molar-refractivity contribution in [2.24, 2.45) is 11.8 Å². The van der Waals surface area contributed by atoms with Gasteiger partial charge in [-0.3, -0.25) is 9.59 Å². The smallest absolute Gasteiger partial charge is 0.306 e. The molecule has 1 aliphatic carbocycles. The highest BCUT2D eigenvalue weighted by atomic mass is 19.1. The Balaban J connectivity index is 1.66. The quantitative estimate of drug-likeness (QED) is 0.908. The standard InChI is InChI=1S/C17H18FNO4/c1-9-13-7-12(18)4-5-14(13)23-15(9)8-19-16(20)10-2-3-11(6-10)17(21)22/h4-5,7,10-11H,2-3,6,8H2,1H3,(H,19,20)(H,21,22)/t10-,11+/m1/s1. The lowest BCUT2D eigenvalue weighted by atomic mass is 10.0. The molecule has 1 amide bonds. The van der Waals surface area contributed by atoms with Gasteiger partial charge in [0, 0.05) is 16.9 Å². The van der Waals surface area contributed by atoms with Crippen molar-refractivity contribution in [3.05, 3.63) is 35.3 Å². The van der Waals surface area contributed by atoms with Crippen LogP contribution in [-0.4, -0.2) is 17.0 Å². The van der Waals surface area contributed by atoms with Gasteiger partial charge in [0.1, 0.15) is 17.2 Å². The van der Waals surface area contributed by atoms with Crippen molar-refractivity contribution in [3.63, 3.8) is 0 Å². The third-order valence-electron chi connectivity index (χ3n) is 4.57. The molecular formula is C17H18FNO4. The predicted octanol–water partition coefficient (Wildman–Crippen LogP) is 3.00. The number of hydrogen-bond donors (Lipinski definition) is 2. The van der Waals surface area contributed by atoms with E-state index in [0.717, 1.165) is 5.56 Å². The summed E-state index contributed by atoms with van der Waals surface area (Å²) in [4.78, 5) is 23.1. The zero-order valence-corrected chi connectivity index (χ0v) is 12.8. The van der Waals surface area contributed by atoms with Gasteiger partial charge in [-0.2, -0.15) is 0 Å². The number of carboxylic acid groups (broad SMARTS) is 1. The average molecular weight is 319 g/mol. The van der Waals surface area contributed by atoms with E-state index in [1.807, 2.05) is 6.92 Å². The molecule has 1 aromatic heterocycles. The number of hydrogen-bond acceptors (Lipinski definition) is 3. The lowest BCUT2D eigenvalue weighted by Gasteiger charge is -2.10. The van der Waals surface area contributed by atoms with E-state index >= 15 is 0 Å². The second-order valence-electron chi connectivity index (χ2n) is 6.05. The number of fused-ring (bicyclic) bond motifs is 1. The first kappa shape index (κ1) is 15.5. The van der Waals surface area contributed by atoms with Gasteiger partial charge in [-0.05, 0) is 44.4 Å². The van der Waals surface area contributed by atoms with Crippen molar-refractivity contribution in [1.29, 1.82) is 0 Å². The van der Waals surface area contributed by atoms with Crippen LogP contribution in [0.1, 0.15) is 30.6 Å². The van der Waals surface area contributed by atoms with E-state index in [9.17, 15) is 14.0 Å². The first-order chi connectivity index (χ1) is 11.0. The molecule has 0 bridgehead atoms. The first-order valence-electron chi connectivity index (χ1n) is 7.63. The van der Waals surface area contributed by atoms with Gasteiger partial charge < -0.3 is 14.8 Å². The summed E-state index contributed by atoms with van der Waals surface area (Å²) in [5, 5.41) is 12.5. The molecule has 1 aliphatic rings. The summed E-state index contributed by atoms with van der Waals surface area (Å²) in [6, 6.07) is 4.31. The largest absolute Gasteiger partial charge is 0.481 e. The maximum absolute atomic E-state index is 13.3. The van der Waals surface area contributed by atoms with Crippen molar-refractivity contribution in [2.75, 3.05) is 0 Å². The van der Waals surface area contributed by atoms with Gasteiger partial charge in [0.25, 0.3) is 0 Å². The number of furan rings is 1. The molecule has 2 aromatic rings. The minimum absolute atomic E-state index is 0.153. The van der Waals surface area contributed by atoms with E-state index in [4.69, 9.17) is 9.52 Å². The highest BCUT2D eigenvalue weighted by Crippen LogP contribution is 2.31. The summed E-state index contributed by atoms with van der Waals surface area (Å²) in [5.41, 5.74) is 1.38. The Kier molecular flexibility index (Phi) is 4.07. The number of amides is 1. The fourth-order valence-electron chi connectivity index (χ4n) is 3.17. The molecule has 6 heteroatoms. The highest BCUT2D eigenvalue weighted by Gasteiger charge is 2.33. The molecule has 0 unspecified atom stereocenters. The van der Waals surface area contributed by atoms with Crippen molar-refractivity contribution >= 4 is 22.8 Å². The number of carboxylic acids is 1. The molecule has 1 saturated carbocycles. The summed E-state index contributed by atoms with van der Waals surface area (Å²) in [5.74, 6) is -1.43. The number of halogens is 1. The van der Waals surface area contributed by atoms with Crippen LogP contribution in [0.15, 0.2) is 22.6 Å². The van der Waals surface area contributed by atoms with E-state index in [-0.39, 0.29) is 24.2 Å². The molecule has 0 aliphatic heterocycles. The number of aliphatic carboxylic acids is 1. The molecule has 5 nitrogen and oxygen atoms in total. The van der Waals surface area contributed by atoms with E-state index in [2.05, 4.69) is 5.32 Å². The van der Waals surface area contributed by atoms with E-state index < -0.39 is 11.9 Å². The van der Waals surface area contributed by atoms with Gasteiger partial charge in [-0.15, -0.1) is 0 Å². The maximum atomic E-state index is 13.3. The van der Waals surface area contributed by atoms with Crippen molar-refractivity contribution < 1.29 is 23.5 Å². The normalized spacial score (nSPS) is 20.8. The van der Waals surface area contributed by atoms with Crippen molar-refractivity contribution in [1.82, 2.24) is 5.32 Å². The minimum atomic E-state index is -0.838. The fraction of sp³-hybridized carbons (Fsp3) is 0.412. The summed E-state index contributed by atoms with van der Waals surface area (Å²) in [6.45, 7) is 2.04. The minimum Gasteiger partial charge on any atom is -0.481 e. The number of aryl methyl sites for hydroxylation is 1. The fourth-order valence-corrected chi connectivity index (χ4v) is 3.17. The van der Waals surface area contributed by atoms with Gasteiger partial charge in [0.05, 0.1) is 12.5 Å². The molecule has 23 heavy (non-hydrogen) atoms. The molecule has 1 aromatic carbocycles. The second-order valence-corrected chi connectivity index (χ2v) is 6.05. The molecule has 1 fully saturated rings. The first-order valence-corrected chi connectivity index (χ1v) is 7.63. The lowest BCUT2D eigenvalue weighted by molar-refractivity contribution is -0.141. The van der Waals surface area contributed by atoms with Crippen LogP contribution in [0.3, 0.4) is 0 Å². The summed E-state index contributed by atoms with van der Waals surface area (Å²) >= 11 is 0. The van der Waals surface area contributed by atoms with Crippen LogP contribution >= 0.6 is 0 Å². The summed E-state index contributed by atoms with van der Waals surface area (Å²) in [7, 11) is 0. The molecule has 122 valence electrons. The molecule has 0 saturated heterocycles. The monoisotopic (exact) mass is 319 g/mol. The second kappa shape index (κ2) is 6.02. The lowest BCUT2D eigenvalue weighted by Crippen LogP contribution is -2.29. The Hall–Kier alpha value is -2.37. The number of benzene rings is 1. The van der Waals surface area contributed by atoms with Crippen LogP contribution in [0.4, 0.5) is 4.39 Å². The average Bonchev–Trinajstić information content (AvgIpc) is 3.11. The van der Waals surface area contributed by atoms with Gasteiger partial charge in [0.15, 0.2) is 0 Å². The highest BCUT2D eigenvalue weighted by molar-refractivity contribution is 5.83. The van der Waals surface area contributed by atoms with Crippen molar-refractivity contribution in [3.8, 4) is 0 Å². The molecule has 3 rings (SSSR count). The molecule has 1 heterocycles. The molecule has 2 atom stereocenters. The number of rotatable bonds is 4. The summed E-state index contributed by atoms with van der Waals surface area (Å²) in [6.07, 6.45) is 1.51. The van der Waals surface area contributed by atoms with Gasteiger partial charge in [-0.1, -0.05) is 0 Å². The van der Waals surface area contributed by atoms with Crippen LogP contribution < -0.4 is 5.32 Å². The zero-order chi connectivity index (χ0) is 16.6. The number of carbonyl (C=O) groups is 2. The van der Waals surface area contributed by atoms with Crippen LogP contribution in [0.5, 0.6) is 0 Å².